The van der Waals surface area contributed by atoms with Crippen molar-refractivity contribution in [3.8, 4) is 0 Å². The largest absolute Gasteiger partial charge is 0.469 e. The van der Waals surface area contributed by atoms with Crippen molar-refractivity contribution in [1.29, 1.82) is 0 Å². The molecule has 0 spiro atoms. The average molecular weight is 271 g/mol. The molecule has 0 saturated heterocycles. The van der Waals surface area contributed by atoms with Crippen molar-refractivity contribution in [2.75, 3.05) is 7.11 Å². The van der Waals surface area contributed by atoms with E-state index in [-0.39, 0.29) is 12.0 Å². The molecule has 1 heterocycles. The Morgan fingerprint density at radius 1 is 1.10 bits per heavy atom. The van der Waals surface area contributed by atoms with E-state index >= 15 is 0 Å². The molecular weight excluding hydrogens is 250 g/mol. The third-order valence-corrected chi connectivity index (χ3v) is 3.56. The minimum absolute atomic E-state index is 0.0151. The number of hydrogen-bond donors (Lipinski definition) is 0. The first-order chi connectivity index (χ1) is 9.61. The van der Waals surface area contributed by atoms with E-state index in [1.165, 1.54) is 12.7 Å². The van der Waals surface area contributed by atoms with Gasteiger partial charge in [-0.2, -0.15) is 0 Å². The molecule has 0 aliphatic rings. The van der Waals surface area contributed by atoms with Crippen LogP contribution in [0, 0.1) is 0 Å². The molecule has 3 nitrogen and oxygen atoms in total. The van der Waals surface area contributed by atoms with Gasteiger partial charge in [0.05, 0.1) is 19.6 Å². The second-order valence-electron chi connectivity index (χ2n) is 5.25. The van der Waals surface area contributed by atoms with E-state index in [9.17, 15) is 4.79 Å². The molecule has 1 atom stereocenters. The van der Waals surface area contributed by atoms with Crippen molar-refractivity contribution in [3.63, 3.8) is 0 Å². The first-order valence-electron chi connectivity index (χ1n) is 6.91. The Bertz CT molecular complexity index is 541. The van der Waals surface area contributed by atoms with Gasteiger partial charge in [-0.3, -0.25) is 4.79 Å². The van der Waals surface area contributed by atoms with E-state index in [1.54, 1.807) is 0 Å². The zero-order chi connectivity index (χ0) is 14.5. The normalized spacial score (nSPS) is 12.4. The lowest BCUT2D eigenvalue weighted by Crippen LogP contribution is -2.15. The maximum absolute atomic E-state index is 11.6. The molecule has 0 fully saturated rings. The number of esters is 1. The number of methoxy groups -OCH3 is 1. The zero-order valence-corrected chi connectivity index (χ0v) is 12.2. The second kappa shape index (κ2) is 6.42. The summed E-state index contributed by atoms with van der Waals surface area (Å²) in [6, 6.07) is 12.4. The average Bonchev–Trinajstić information content (AvgIpc) is 2.98. The summed E-state index contributed by atoms with van der Waals surface area (Å²) >= 11 is 0. The third kappa shape index (κ3) is 3.29. The van der Waals surface area contributed by atoms with Gasteiger partial charge in [0, 0.05) is 12.4 Å². The number of carbonyl (C=O) groups is 1. The van der Waals surface area contributed by atoms with E-state index in [0.29, 0.717) is 12.3 Å². The standard InChI is InChI=1S/C17H21NO2/c1-13(2)14-6-8-15(9-7-14)16(12-17(19)20-3)18-10-4-5-11-18/h4-11,13,16H,12H2,1-3H3/t16-/m1/s1. The zero-order valence-electron chi connectivity index (χ0n) is 12.2. The molecule has 1 aromatic heterocycles. The highest BCUT2D eigenvalue weighted by atomic mass is 16.5. The topological polar surface area (TPSA) is 31.2 Å². The quantitative estimate of drug-likeness (QED) is 0.775. The molecule has 1 aromatic carbocycles. The maximum Gasteiger partial charge on any atom is 0.307 e. The van der Waals surface area contributed by atoms with Crippen LogP contribution in [0.15, 0.2) is 48.8 Å². The molecule has 0 aliphatic heterocycles. The molecule has 0 saturated carbocycles. The third-order valence-electron chi connectivity index (χ3n) is 3.56. The summed E-state index contributed by atoms with van der Waals surface area (Å²) in [5.74, 6) is 0.311. The molecule has 0 aliphatic carbocycles. The van der Waals surface area contributed by atoms with E-state index in [0.717, 1.165) is 5.56 Å². The van der Waals surface area contributed by atoms with Gasteiger partial charge in [0.2, 0.25) is 0 Å². The summed E-state index contributed by atoms with van der Waals surface area (Å²) in [5, 5.41) is 0. The van der Waals surface area contributed by atoms with Gasteiger partial charge in [-0.25, -0.2) is 0 Å². The Morgan fingerprint density at radius 2 is 1.65 bits per heavy atom. The first kappa shape index (κ1) is 14.4. The van der Waals surface area contributed by atoms with E-state index in [2.05, 4.69) is 38.1 Å². The Kier molecular flexibility index (Phi) is 4.61. The fourth-order valence-electron chi connectivity index (χ4n) is 2.30. The van der Waals surface area contributed by atoms with Crippen molar-refractivity contribution in [3.05, 3.63) is 59.9 Å². The number of benzene rings is 1. The highest BCUT2D eigenvalue weighted by molar-refractivity contribution is 5.70. The summed E-state index contributed by atoms with van der Waals surface area (Å²) in [4.78, 5) is 11.6. The van der Waals surface area contributed by atoms with Gasteiger partial charge >= 0.3 is 5.97 Å². The Hall–Kier alpha value is -2.03. The van der Waals surface area contributed by atoms with Gasteiger partial charge < -0.3 is 9.30 Å². The number of carbonyl (C=O) groups excluding carboxylic acids is 1. The molecule has 2 aromatic rings. The molecule has 0 amide bonds. The van der Waals surface area contributed by atoms with E-state index in [4.69, 9.17) is 4.74 Å². The van der Waals surface area contributed by atoms with Crippen molar-refractivity contribution in [2.45, 2.75) is 32.2 Å². The van der Waals surface area contributed by atoms with Crippen molar-refractivity contribution < 1.29 is 9.53 Å². The lowest BCUT2D eigenvalue weighted by molar-refractivity contribution is -0.141. The Balaban J connectivity index is 2.28. The summed E-state index contributed by atoms with van der Waals surface area (Å²) in [7, 11) is 1.43. The molecule has 0 bridgehead atoms. The predicted octanol–water partition coefficient (Wildman–Crippen LogP) is 3.76. The second-order valence-corrected chi connectivity index (χ2v) is 5.25. The van der Waals surface area contributed by atoms with E-state index in [1.807, 2.05) is 29.1 Å². The summed E-state index contributed by atoms with van der Waals surface area (Å²) in [6.45, 7) is 4.35. The predicted molar refractivity (Wildman–Crippen MR) is 79.7 cm³/mol. The van der Waals surface area contributed by atoms with Gasteiger partial charge in [-0.15, -0.1) is 0 Å². The van der Waals surface area contributed by atoms with Crippen LogP contribution in [0.5, 0.6) is 0 Å². The van der Waals surface area contributed by atoms with Crippen LogP contribution in [0.4, 0.5) is 0 Å². The molecule has 0 radical (unpaired) electrons. The number of ether oxygens (including phenoxy) is 1. The van der Waals surface area contributed by atoms with Crippen LogP contribution in [0.1, 0.15) is 43.4 Å². The highest BCUT2D eigenvalue weighted by Crippen LogP contribution is 2.25. The smallest absolute Gasteiger partial charge is 0.307 e. The van der Waals surface area contributed by atoms with Crippen LogP contribution in [-0.2, 0) is 9.53 Å². The number of hydrogen-bond acceptors (Lipinski definition) is 2. The fourth-order valence-corrected chi connectivity index (χ4v) is 2.30. The lowest BCUT2D eigenvalue weighted by atomic mass is 9.97. The minimum atomic E-state index is -0.198. The monoisotopic (exact) mass is 271 g/mol. The molecule has 3 heteroatoms. The minimum Gasteiger partial charge on any atom is -0.469 e. The van der Waals surface area contributed by atoms with Crippen molar-refractivity contribution in [1.82, 2.24) is 4.57 Å². The number of nitrogens with zero attached hydrogens (tertiary/aromatic N) is 1. The van der Waals surface area contributed by atoms with E-state index < -0.39 is 0 Å². The van der Waals surface area contributed by atoms with Crippen molar-refractivity contribution in [2.24, 2.45) is 0 Å². The van der Waals surface area contributed by atoms with Crippen LogP contribution in [-0.4, -0.2) is 17.6 Å². The van der Waals surface area contributed by atoms with Crippen LogP contribution in [0.2, 0.25) is 0 Å². The SMILES string of the molecule is COC(=O)C[C@H](c1ccc(C(C)C)cc1)n1cccc1. The molecule has 0 unspecified atom stereocenters. The van der Waals surface area contributed by atoms with Crippen molar-refractivity contribution >= 4 is 5.97 Å². The van der Waals surface area contributed by atoms with Gasteiger partial charge in [-0.05, 0) is 29.2 Å². The lowest BCUT2D eigenvalue weighted by Gasteiger charge is -2.19. The Labute approximate surface area is 120 Å². The summed E-state index contributed by atoms with van der Waals surface area (Å²) in [5.41, 5.74) is 2.43. The maximum atomic E-state index is 11.6. The highest BCUT2D eigenvalue weighted by Gasteiger charge is 2.17. The number of rotatable bonds is 5. The van der Waals surface area contributed by atoms with Gasteiger partial charge in [0.15, 0.2) is 0 Å². The molecular formula is C17H21NO2. The van der Waals surface area contributed by atoms with Crippen LogP contribution in [0.3, 0.4) is 0 Å². The molecule has 106 valence electrons. The Morgan fingerprint density at radius 3 is 2.15 bits per heavy atom. The van der Waals surface area contributed by atoms with Gasteiger partial charge in [0.25, 0.3) is 0 Å². The molecule has 20 heavy (non-hydrogen) atoms. The van der Waals surface area contributed by atoms with Gasteiger partial charge in [-0.1, -0.05) is 38.1 Å². The number of aromatic nitrogens is 1. The van der Waals surface area contributed by atoms with Crippen LogP contribution < -0.4 is 0 Å². The van der Waals surface area contributed by atoms with Crippen LogP contribution >= 0.6 is 0 Å². The fraction of sp³-hybridized carbons (Fsp3) is 0.353. The summed E-state index contributed by atoms with van der Waals surface area (Å²) in [6.07, 6.45) is 4.29. The molecule has 0 N–H and O–H groups in total. The summed E-state index contributed by atoms with van der Waals surface area (Å²) < 4.78 is 6.85. The van der Waals surface area contributed by atoms with Crippen LogP contribution in [0.25, 0.3) is 0 Å². The first-order valence-corrected chi connectivity index (χ1v) is 6.91. The van der Waals surface area contributed by atoms with Gasteiger partial charge in [0.1, 0.15) is 0 Å². The molecule has 2 rings (SSSR count).